The number of hydrogen-bond acceptors (Lipinski definition) is 3. The van der Waals surface area contributed by atoms with E-state index < -0.39 is 0 Å². The first-order valence-electron chi connectivity index (χ1n) is 6.31. The largest absolute Gasteiger partial charge is 0.444 e. The lowest BCUT2D eigenvalue weighted by molar-refractivity contribution is 0.0189. The van der Waals surface area contributed by atoms with Gasteiger partial charge in [-0.15, -0.1) is 0 Å². The van der Waals surface area contributed by atoms with Crippen LogP contribution in [0.5, 0.6) is 0 Å². The van der Waals surface area contributed by atoms with Crippen molar-refractivity contribution in [1.29, 1.82) is 0 Å². The third-order valence-electron chi connectivity index (χ3n) is 2.80. The summed E-state index contributed by atoms with van der Waals surface area (Å²) in [4.78, 5) is 13.5. The van der Waals surface area contributed by atoms with E-state index in [9.17, 15) is 4.79 Å². The molecule has 1 fully saturated rings. The normalized spacial score (nSPS) is 16.8. The SMILES string of the molecule is CN(C(=O)OC(C)(C)C)C1CCCCC1.CO. The molecule has 1 aliphatic carbocycles. The quantitative estimate of drug-likeness (QED) is 0.773. The van der Waals surface area contributed by atoms with E-state index in [2.05, 4.69) is 0 Å². The van der Waals surface area contributed by atoms with E-state index in [-0.39, 0.29) is 11.7 Å². The number of nitrogens with zero attached hydrogens (tertiary/aromatic N) is 1. The summed E-state index contributed by atoms with van der Waals surface area (Å²) in [7, 11) is 2.85. The molecule has 17 heavy (non-hydrogen) atoms. The van der Waals surface area contributed by atoms with E-state index in [1.165, 1.54) is 19.3 Å². The zero-order chi connectivity index (χ0) is 13.5. The van der Waals surface area contributed by atoms with Crippen molar-refractivity contribution in [2.75, 3.05) is 14.2 Å². The first kappa shape index (κ1) is 16.2. The maximum Gasteiger partial charge on any atom is 0.410 e. The highest BCUT2D eigenvalue weighted by Gasteiger charge is 2.26. The molecule has 0 unspecified atom stereocenters. The molecule has 0 aromatic heterocycles. The van der Waals surface area contributed by atoms with Gasteiger partial charge in [-0.1, -0.05) is 19.3 Å². The number of aliphatic hydroxyl groups is 1. The third-order valence-corrected chi connectivity index (χ3v) is 2.80. The summed E-state index contributed by atoms with van der Waals surface area (Å²) >= 11 is 0. The van der Waals surface area contributed by atoms with Crippen LogP contribution in [-0.4, -0.2) is 41.9 Å². The van der Waals surface area contributed by atoms with Gasteiger partial charge in [-0.25, -0.2) is 4.79 Å². The van der Waals surface area contributed by atoms with E-state index in [1.807, 2.05) is 27.8 Å². The van der Waals surface area contributed by atoms with Gasteiger partial charge in [0, 0.05) is 20.2 Å². The molecule has 1 saturated carbocycles. The fraction of sp³-hybridized carbons (Fsp3) is 0.923. The Bertz CT molecular complexity index is 217. The van der Waals surface area contributed by atoms with Gasteiger partial charge in [-0.05, 0) is 33.6 Å². The zero-order valence-corrected chi connectivity index (χ0v) is 11.8. The molecule has 1 aliphatic rings. The summed E-state index contributed by atoms with van der Waals surface area (Å²) in [5.74, 6) is 0. The Morgan fingerprint density at radius 1 is 1.18 bits per heavy atom. The summed E-state index contributed by atoms with van der Waals surface area (Å²) in [6.07, 6.45) is 5.83. The highest BCUT2D eigenvalue weighted by molar-refractivity contribution is 5.68. The lowest BCUT2D eigenvalue weighted by Gasteiger charge is -2.32. The van der Waals surface area contributed by atoms with Crippen LogP contribution in [0.4, 0.5) is 4.79 Å². The van der Waals surface area contributed by atoms with Crippen molar-refractivity contribution in [1.82, 2.24) is 4.90 Å². The van der Waals surface area contributed by atoms with Gasteiger partial charge in [0.2, 0.25) is 0 Å². The van der Waals surface area contributed by atoms with Gasteiger partial charge in [0.25, 0.3) is 0 Å². The number of aliphatic hydroxyl groups excluding tert-OH is 1. The van der Waals surface area contributed by atoms with E-state index in [4.69, 9.17) is 9.84 Å². The smallest absolute Gasteiger partial charge is 0.410 e. The summed E-state index contributed by atoms with van der Waals surface area (Å²) in [6.45, 7) is 5.71. The average Bonchev–Trinajstić information content (AvgIpc) is 2.29. The minimum absolute atomic E-state index is 0.186. The van der Waals surface area contributed by atoms with E-state index in [0.29, 0.717) is 6.04 Å². The van der Waals surface area contributed by atoms with Crippen LogP contribution in [0.15, 0.2) is 0 Å². The Morgan fingerprint density at radius 2 is 1.65 bits per heavy atom. The molecule has 0 aromatic carbocycles. The molecule has 0 heterocycles. The maximum atomic E-state index is 11.8. The number of hydrogen-bond donors (Lipinski definition) is 1. The van der Waals surface area contributed by atoms with Gasteiger partial charge in [0.15, 0.2) is 0 Å². The standard InChI is InChI=1S/C12H23NO2.CH4O/c1-12(2,3)15-11(14)13(4)10-8-6-5-7-9-10;1-2/h10H,5-9H2,1-4H3;2H,1H3. The molecular formula is C13H27NO3. The van der Waals surface area contributed by atoms with Crippen LogP contribution in [0.2, 0.25) is 0 Å². The van der Waals surface area contributed by atoms with Crippen LogP contribution in [0.1, 0.15) is 52.9 Å². The van der Waals surface area contributed by atoms with Gasteiger partial charge in [0.1, 0.15) is 5.60 Å². The molecule has 1 rings (SSSR count). The predicted molar refractivity (Wildman–Crippen MR) is 69.0 cm³/mol. The molecule has 4 heteroatoms. The molecule has 102 valence electrons. The van der Waals surface area contributed by atoms with Crippen molar-refractivity contribution >= 4 is 6.09 Å². The van der Waals surface area contributed by atoms with Gasteiger partial charge in [-0.2, -0.15) is 0 Å². The Labute approximate surface area is 105 Å². The topological polar surface area (TPSA) is 49.8 Å². The Balaban J connectivity index is 0.00000121. The first-order chi connectivity index (χ1) is 7.90. The molecule has 1 N–H and O–H groups in total. The fourth-order valence-electron chi connectivity index (χ4n) is 1.95. The van der Waals surface area contributed by atoms with Crippen LogP contribution in [0, 0.1) is 0 Å². The minimum atomic E-state index is -0.389. The van der Waals surface area contributed by atoms with Crippen molar-refractivity contribution in [2.45, 2.75) is 64.5 Å². The molecular weight excluding hydrogens is 218 g/mol. The van der Waals surface area contributed by atoms with Crippen LogP contribution in [0.3, 0.4) is 0 Å². The predicted octanol–water partition coefficient (Wildman–Crippen LogP) is 2.79. The maximum absolute atomic E-state index is 11.8. The fourth-order valence-corrected chi connectivity index (χ4v) is 1.95. The van der Waals surface area contributed by atoms with Gasteiger partial charge in [-0.3, -0.25) is 0 Å². The van der Waals surface area contributed by atoms with Crippen LogP contribution >= 0.6 is 0 Å². The van der Waals surface area contributed by atoms with Crippen molar-refractivity contribution < 1.29 is 14.6 Å². The van der Waals surface area contributed by atoms with Crippen molar-refractivity contribution in [3.05, 3.63) is 0 Å². The molecule has 0 bridgehead atoms. The minimum Gasteiger partial charge on any atom is -0.444 e. The van der Waals surface area contributed by atoms with Crippen molar-refractivity contribution in [3.8, 4) is 0 Å². The summed E-state index contributed by atoms with van der Waals surface area (Å²) in [5.41, 5.74) is -0.389. The Morgan fingerprint density at radius 3 is 2.06 bits per heavy atom. The van der Waals surface area contributed by atoms with Gasteiger partial charge < -0.3 is 14.7 Å². The van der Waals surface area contributed by atoms with Crippen molar-refractivity contribution in [3.63, 3.8) is 0 Å². The van der Waals surface area contributed by atoms with Gasteiger partial charge >= 0.3 is 6.09 Å². The number of carbonyl (C=O) groups is 1. The molecule has 1 amide bonds. The Hall–Kier alpha value is -0.770. The highest BCUT2D eigenvalue weighted by Crippen LogP contribution is 2.22. The first-order valence-corrected chi connectivity index (χ1v) is 6.31. The molecule has 0 spiro atoms. The number of amides is 1. The number of rotatable bonds is 1. The monoisotopic (exact) mass is 245 g/mol. The number of carbonyl (C=O) groups excluding carboxylic acids is 1. The van der Waals surface area contributed by atoms with Crippen molar-refractivity contribution in [2.24, 2.45) is 0 Å². The molecule has 0 aliphatic heterocycles. The molecule has 0 atom stereocenters. The second-order valence-electron chi connectivity index (χ2n) is 5.38. The second kappa shape index (κ2) is 7.54. The van der Waals surface area contributed by atoms with E-state index in [0.717, 1.165) is 20.0 Å². The van der Waals surface area contributed by atoms with Crippen LogP contribution < -0.4 is 0 Å². The molecule has 0 saturated heterocycles. The van der Waals surface area contributed by atoms with Crippen LogP contribution in [0.25, 0.3) is 0 Å². The van der Waals surface area contributed by atoms with Gasteiger partial charge in [0.05, 0.1) is 0 Å². The third kappa shape index (κ3) is 6.51. The highest BCUT2D eigenvalue weighted by atomic mass is 16.6. The molecule has 0 aromatic rings. The average molecular weight is 245 g/mol. The van der Waals surface area contributed by atoms with E-state index >= 15 is 0 Å². The summed E-state index contributed by atoms with van der Waals surface area (Å²) in [5, 5.41) is 7.00. The number of ether oxygens (including phenoxy) is 1. The summed E-state index contributed by atoms with van der Waals surface area (Å²) in [6, 6.07) is 0.383. The summed E-state index contributed by atoms with van der Waals surface area (Å²) < 4.78 is 5.34. The lowest BCUT2D eigenvalue weighted by Crippen LogP contribution is -2.41. The molecule has 0 radical (unpaired) electrons. The Kier molecular flexibility index (Phi) is 7.19. The molecule has 4 nitrogen and oxygen atoms in total. The second-order valence-corrected chi connectivity index (χ2v) is 5.38. The zero-order valence-electron chi connectivity index (χ0n) is 11.8. The van der Waals surface area contributed by atoms with E-state index in [1.54, 1.807) is 4.90 Å². The van der Waals surface area contributed by atoms with Crippen LogP contribution in [-0.2, 0) is 4.74 Å². The lowest BCUT2D eigenvalue weighted by atomic mass is 9.95.